The molecule has 10 aromatic rings. The van der Waals surface area contributed by atoms with Crippen LogP contribution in [0.3, 0.4) is 0 Å². The van der Waals surface area contributed by atoms with Crippen molar-refractivity contribution in [2.24, 2.45) is 0 Å². The first-order valence-corrected chi connectivity index (χ1v) is 16.5. The lowest BCUT2D eigenvalue weighted by Crippen LogP contribution is -1.98. The SMILES string of the molecule is c1ccc(-c2ccc(-c3c4ccccc4cc4c5ccccc5n(-c5ccc(-n6c7ccccc7c7ccccc76)cc5)c34)cc2)cc1. The fraction of sp³-hybridized carbons (Fsp3) is 0. The molecule has 0 bridgehead atoms. The van der Waals surface area contributed by atoms with Crippen LogP contribution in [0, 0.1) is 0 Å². The summed E-state index contributed by atoms with van der Waals surface area (Å²) >= 11 is 0. The lowest BCUT2D eigenvalue weighted by atomic mass is 9.93. The highest BCUT2D eigenvalue weighted by Crippen LogP contribution is 2.43. The van der Waals surface area contributed by atoms with Crippen molar-refractivity contribution < 1.29 is 0 Å². The van der Waals surface area contributed by atoms with E-state index in [9.17, 15) is 0 Å². The number of hydrogen-bond donors (Lipinski definition) is 0. The average molecular weight is 611 g/mol. The Morgan fingerprint density at radius 1 is 0.292 bits per heavy atom. The van der Waals surface area contributed by atoms with Crippen molar-refractivity contribution in [2.45, 2.75) is 0 Å². The maximum atomic E-state index is 2.47. The summed E-state index contributed by atoms with van der Waals surface area (Å²) in [4.78, 5) is 0. The maximum Gasteiger partial charge on any atom is 0.0625 e. The van der Waals surface area contributed by atoms with Crippen LogP contribution in [0.25, 0.3) is 88.0 Å². The molecule has 2 nitrogen and oxygen atoms in total. The molecule has 0 aliphatic rings. The molecule has 2 heteroatoms. The van der Waals surface area contributed by atoms with Crippen LogP contribution in [0.15, 0.2) is 182 Å². The predicted octanol–water partition coefficient (Wildman–Crippen LogP) is 12.4. The third kappa shape index (κ3) is 4.00. The maximum absolute atomic E-state index is 2.47. The molecule has 0 atom stereocenters. The van der Waals surface area contributed by atoms with Crippen LogP contribution >= 0.6 is 0 Å². The number of benzene rings is 8. The van der Waals surface area contributed by atoms with Gasteiger partial charge in [0.2, 0.25) is 0 Å². The third-order valence-electron chi connectivity index (χ3n) is 9.91. The molecule has 0 radical (unpaired) electrons. The van der Waals surface area contributed by atoms with E-state index < -0.39 is 0 Å². The van der Waals surface area contributed by atoms with E-state index in [0.717, 1.165) is 11.4 Å². The Bertz CT molecular complexity index is 2750. The van der Waals surface area contributed by atoms with Gasteiger partial charge in [0.05, 0.1) is 22.1 Å². The first-order chi connectivity index (χ1) is 23.8. The summed E-state index contributed by atoms with van der Waals surface area (Å²) in [5.41, 5.74) is 12.1. The number of hydrogen-bond acceptors (Lipinski definition) is 0. The Hall–Kier alpha value is -6.38. The van der Waals surface area contributed by atoms with Gasteiger partial charge in [-0.05, 0) is 76.0 Å². The van der Waals surface area contributed by atoms with E-state index in [1.807, 2.05) is 0 Å². The van der Waals surface area contributed by atoms with E-state index in [1.165, 1.54) is 76.6 Å². The van der Waals surface area contributed by atoms with Crippen LogP contribution in [0.1, 0.15) is 0 Å². The first kappa shape index (κ1) is 26.8. The van der Waals surface area contributed by atoms with Crippen molar-refractivity contribution in [3.05, 3.63) is 182 Å². The van der Waals surface area contributed by atoms with Gasteiger partial charge >= 0.3 is 0 Å². The molecule has 0 saturated heterocycles. The molecule has 0 N–H and O–H groups in total. The standard InChI is InChI=1S/C46H30N2/c1-2-12-31(13-3-1)32-22-24-33(25-23-32)45-37-15-5-4-14-34(37)30-41-40-18-8-11-21-44(40)48(46(41)45)36-28-26-35(27-29-36)47-42-19-9-6-16-38(42)39-17-7-10-20-43(39)47/h1-30H. The molecule has 0 aliphatic carbocycles. The normalized spacial score (nSPS) is 11.8. The molecule has 224 valence electrons. The average Bonchev–Trinajstić information content (AvgIpc) is 3.67. The van der Waals surface area contributed by atoms with Gasteiger partial charge in [-0.3, -0.25) is 0 Å². The topological polar surface area (TPSA) is 9.86 Å². The molecule has 0 amide bonds. The molecule has 0 spiro atoms. The van der Waals surface area contributed by atoms with Crippen molar-refractivity contribution in [1.29, 1.82) is 0 Å². The quantitative estimate of drug-likeness (QED) is 0.188. The van der Waals surface area contributed by atoms with Gasteiger partial charge in [-0.2, -0.15) is 0 Å². The van der Waals surface area contributed by atoms with Crippen LogP contribution in [0.2, 0.25) is 0 Å². The van der Waals surface area contributed by atoms with Gasteiger partial charge in [0.15, 0.2) is 0 Å². The highest BCUT2D eigenvalue weighted by atomic mass is 15.0. The highest BCUT2D eigenvalue weighted by molar-refractivity contribution is 6.21. The Morgan fingerprint density at radius 2 is 0.729 bits per heavy atom. The molecule has 48 heavy (non-hydrogen) atoms. The second-order valence-corrected chi connectivity index (χ2v) is 12.6. The molecule has 2 heterocycles. The van der Waals surface area contributed by atoms with Crippen LogP contribution in [0.4, 0.5) is 0 Å². The molecular weight excluding hydrogens is 581 g/mol. The Balaban J connectivity index is 1.22. The van der Waals surface area contributed by atoms with Gasteiger partial charge in [0, 0.05) is 38.5 Å². The van der Waals surface area contributed by atoms with Crippen LogP contribution in [0.5, 0.6) is 0 Å². The van der Waals surface area contributed by atoms with Gasteiger partial charge in [-0.15, -0.1) is 0 Å². The molecular formula is C46H30N2. The van der Waals surface area contributed by atoms with Crippen molar-refractivity contribution in [1.82, 2.24) is 9.13 Å². The molecule has 2 aromatic heterocycles. The van der Waals surface area contributed by atoms with E-state index in [-0.39, 0.29) is 0 Å². The number of fused-ring (bicyclic) bond motifs is 7. The van der Waals surface area contributed by atoms with Gasteiger partial charge in [-0.1, -0.05) is 133 Å². The zero-order chi connectivity index (χ0) is 31.6. The lowest BCUT2D eigenvalue weighted by molar-refractivity contribution is 1.15. The summed E-state index contributed by atoms with van der Waals surface area (Å²) in [7, 11) is 0. The zero-order valence-corrected chi connectivity index (χ0v) is 26.2. The molecule has 10 rings (SSSR count). The Morgan fingerprint density at radius 3 is 1.35 bits per heavy atom. The number of rotatable bonds is 4. The minimum absolute atomic E-state index is 1.14. The van der Waals surface area contributed by atoms with Crippen LogP contribution < -0.4 is 0 Å². The molecule has 0 saturated carbocycles. The number of nitrogens with zero attached hydrogens (tertiary/aromatic N) is 2. The van der Waals surface area contributed by atoms with E-state index in [4.69, 9.17) is 0 Å². The highest BCUT2D eigenvalue weighted by Gasteiger charge is 2.20. The van der Waals surface area contributed by atoms with Gasteiger partial charge in [0.1, 0.15) is 0 Å². The van der Waals surface area contributed by atoms with E-state index >= 15 is 0 Å². The summed E-state index contributed by atoms with van der Waals surface area (Å²) < 4.78 is 4.85. The lowest BCUT2D eigenvalue weighted by Gasteiger charge is -2.16. The van der Waals surface area contributed by atoms with Crippen molar-refractivity contribution in [2.75, 3.05) is 0 Å². The Kier molecular flexibility index (Phi) is 5.91. The fourth-order valence-electron chi connectivity index (χ4n) is 7.76. The summed E-state index contributed by atoms with van der Waals surface area (Å²) in [5, 5.41) is 7.56. The molecule has 0 unspecified atom stereocenters. The largest absolute Gasteiger partial charge is 0.309 e. The summed E-state index contributed by atoms with van der Waals surface area (Å²) in [5.74, 6) is 0. The zero-order valence-electron chi connectivity index (χ0n) is 26.2. The number of para-hydroxylation sites is 3. The second-order valence-electron chi connectivity index (χ2n) is 12.6. The van der Waals surface area contributed by atoms with Crippen LogP contribution in [-0.4, -0.2) is 9.13 Å². The Labute approximate surface area is 278 Å². The minimum Gasteiger partial charge on any atom is -0.309 e. The van der Waals surface area contributed by atoms with E-state index in [0.29, 0.717) is 0 Å². The van der Waals surface area contributed by atoms with Gasteiger partial charge in [-0.25, -0.2) is 0 Å². The predicted molar refractivity (Wildman–Crippen MR) is 203 cm³/mol. The van der Waals surface area contributed by atoms with Gasteiger partial charge < -0.3 is 9.13 Å². The molecule has 8 aromatic carbocycles. The smallest absolute Gasteiger partial charge is 0.0625 e. The molecule has 0 fully saturated rings. The van der Waals surface area contributed by atoms with Crippen molar-refractivity contribution in [3.63, 3.8) is 0 Å². The van der Waals surface area contributed by atoms with Gasteiger partial charge in [0.25, 0.3) is 0 Å². The van der Waals surface area contributed by atoms with Crippen molar-refractivity contribution >= 4 is 54.4 Å². The van der Waals surface area contributed by atoms with E-state index in [1.54, 1.807) is 0 Å². The van der Waals surface area contributed by atoms with Crippen LogP contribution in [-0.2, 0) is 0 Å². The minimum atomic E-state index is 1.14. The summed E-state index contributed by atoms with van der Waals surface area (Å²) in [6.45, 7) is 0. The van der Waals surface area contributed by atoms with E-state index in [2.05, 4.69) is 191 Å². The third-order valence-corrected chi connectivity index (χ3v) is 9.91. The molecule has 0 aliphatic heterocycles. The monoisotopic (exact) mass is 610 g/mol. The second kappa shape index (κ2) is 10.6. The first-order valence-electron chi connectivity index (χ1n) is 16.5. The van der Waals surface area contributed by atoms with Crippen molar-refractivity contribution in [3.8, 4) is 33.6 Å². The summed E-state index contributed by atoms with van der Waals surface area (Å²) in [6, 6.07) is 66.2. The fourth-order valence-corrected chi connectivity index (χ4v) is 7.76. The summed E-state index contributed by atoms with van der Waals surface area (Å²) in [6.07, 6.45) is 0. The number of aromatic nitrogens is 2.